The molecule has 1 heterocycles. The first-order valence-electron chi connectivity index (χ1n) is 6.94. The van der Waals surface area contributed by atoms with Crippen molar-refractivity contribution in [3.8, 4) is 0 Å². The van der Waals surface area contributed by atoms with Gasteiger partial charge in [-0.25, -0.2) is 9.18 Å². The summed E-state index contributed by atoms with van der Waals surface area (Å²) in [4.78, 5) is 15.9. The highest BCUT2D eigenvalue weighted by atomic mass is 19.1. The van der Waals surface area contributed by atoms with Gasteiger partial charge in [0, 0.05) is 18.9 Å². The number of carbonyl (C=O) groups is 1. The standard InChI is InChI=1S/C16H16FN3O/c17-13-4-5-14-12(8-13)3-6-15(14)20-16(21)19-10-11-2-1-7-18-9-11/h1-2,4-5,7-9,15H,3,6,10H2,(H2,19,20,21)/t15-/m1/s1. The van der Waals surface area contributed by atoms with Crippen LogP contribution < -0.4 is 10.6 Å². The van der Waals surface area contributed by atoms with E-state index in [9.17, 15) is 9.18 Å². The molecule has 0 spiro atoms. The molecule has 0 bridgehead atoms. The maximum atomic E-state index is 13.2. The zero-order valence-corrected chi connectivity index (χ0v) is 11.5. The number of nitrogens with one attached hydrogen (secondary N) is 2. The molecule has 1 aliphatic carbocycles. The summed E-state index contributed by atoms with van der Waals surface area (Å²) >= 11 is 0. The van der Waals surface area contributed by atoms with E-state index in [4.69, 9.17) is 0 Å². The Morgan fingerprint density at radius 2 is 2.29 bits per heavy atom. The number of hydrogen-bond acceptors (Lipinski definition) is 2. The first-order valence-corrected chi connectivity index (χ1v) is 6.94. The summed E-state index contributed by atoms with van der Waals surface area (Å²) in [6, 6.07) is 8.20. The number of aryl methyl sites for hydroxylation is 1. The predicted octanol–water partition coefficient (Wildman–Crippen LogP) is 2.71. The van der Waals surface area contributed by atoms with Crippen LogP contribution in [0.2, 0.25) is 0 Å². The molecule has 3 rings (SSSR count). The fourth-order valence-corrected chi connectivity index (χ4v) is 2.63. The Hall–Kier alpha value is -2.43. The Morgan fingerprint density at radius 3 is 3.10 bits per heavy atom. The molecule has 108 valence electrons. The van der Waals surface area contributed by atoms with E-state index in [0.29, 0.717) is 6.54 Å². The number of nitrogens with zero attached hydrogens (tertiary/aromatic N) is 1. The number of pyridine rings is 1. The van der Waals surface area contributed by atoms with Gasteiger partial charge in [-0.2, -0.15) is 0 Å². The number of urea groups is 1. The van der Waals surface area contributed by atoms with Gasteiger partial charge < -0.3 is 10.6 Å². The van der Waals surface area contributed by atoms with Gasteiger partial charge in [0.05, 0.1) is 6.04 Å². The molecule has 0 saturated carbocycles. The van der Waals surface area contributed by atoms with Gasteiger partial charge in [-0.15, -0.1) is 0 Å². The maximum Gasteiger partial charge on any atom is 0.315 e. The van der Waals surface area contributed by atoms with E-state index in [1.165, 1.54) is 6.07 Å². The van der Waals surface area contributed by atoms with Crippen molar-refractivity contribution < 1.29 is 9.18 Å². The number of benzene rings is 1. The lowest BCUT2D eigenvalue weighted by Gasteiger charge is -2.15. The topological polar surface area (TPSA) is 54.0 Å². The molecule has 0 fully saturated rings. The number of hydrogen-bond donors (Lipinski definition) is 2. The van der Waals surface area contributed by atoms with Crippen LogP contribution in [0.25, 0.3) is 0 Å². The van der Waals surface area contributed by atoms with Crippen LogP contribution in [0.5, 0.6) is 0 Å². The van der Waals surface area contributed by atoms with E-state index in [-0.39, 0.29) is 17.9 Å². The van der Waals surface area contributed by atoms with Crippen LogP contribution >= 0.6 is 0 Å². The summed E-state index contributed by atoms with van der Waals surface area (Å²) in [6.45, 7) is 0.433. The number of aromatic nitrogens is 1. The number of carbonyl (C=O) groups excluding carboxylic acids is 1. The Morgan fingerprint density at radius 1 is 1.38 bits per heavy atom. The van der Waals surface area contributed by atoms with Crippen molar-refractivity contribution in [2.24, 2.45) is 0 Å². The van der Waals surface area contributed by atoms with Crippen LogP contribution in [0.3, 0.4) is 0 Å². The predicted molar refractivity (Wildman–Crippen MR) is 77.1 cm³/mol. The first kappa shape index (κ1) is 13.5. The maximum absolute atomic E-state index is 13.2. The van der Waals surface area contributed by atoms with Crippen LogP contribution in [0.15, 0.2) is 42.7 Å². The van der Waals surface area contributed by atoms with E-state index < -0.39 is 0 Å². The normalized spacial score (nSPS) is 16.3. The highest BCUT2D eigenvalue weighted by molar-refractivity contribution is 5.74. The van der Waals surface area contributed by atoms with Gasteiger partial charge in [0.15, 0.2) is 0 Å². The summed E-state index contributed by atoms with van der Waals surface area (Å²) in [7, 11) is 0. The second-order valence-corrected chi connectivity index (χ2v) is 5.12. The monoisotopic (exact) mass is 285 g/mol. The summed E-state index contributed by atoms with van der Waals surface area (Å²) in [5.74, 6) is -0.226. The van der Waals surface area contributed by atoms with Crippen molar-refractivity contribution in [2.75, 3.05) is 0 Å². The third-order valence-electron chi connectivity index (χ3n) is 3.66. The SMILES string of the molecule is O=C(NCc1cccnc1)N[C@@H]1CCc2cc(F)ccc21. The lowest BCUT2D eigenvalue weighted by Crippen LogP contribution is -2.36. The van der Waals surface area contributed by atoms with Crippen LogP contribution in [0.1, 0.15) is 29.2 Å². The molecule has 21 heavy (non-hydrogen) atoms. The van der Waals surface area contributed by atoms with Crippen LogP contribution in [0.4, 0.5) is 9.18 Å². The zero-order chi connectivity index (χ0) is 14.7. The summed E-state index contributed by atoms with van der Waals surface area (Å²) < 4.78 is 13.2. The van der Waals surface area contributed by atoms with E-state index in [0.717, 1.165) is 29.5 Å². The lowest BCUT2D eigenvalue weighted by atomic mass is 10.1. The average molecular weight is 285 g/mol. The molecule has 0 unspecified atom stereocenters. The Bertz CT molecular complexity index is 645. The molecule has 1 atom stereocenters. The van der Waals surface area contributed by atoms with Crippen molar-refractivity contribution in [1.29, 1.82) is 0 Å². The van der Waals surface area contributed by atoms with Crippen molar-refractivity contribution in [2.45, 2.75) is 25.4 Å². The lowest BCUT2D eigenvalue weighted by molar-refractivity contribution is 0.236. The second-order valence-electron chi connectivity index (χ2n) is 5.12. The van der Waals surface area contributed by atoms with Gasteiger partial charge in [-0.3, -0.25) is 4.98 Å². The fourth-order valence-electron chi connectivity index (χ4n) is 2.63. The van der Waals surface area contributed by atoms with Gasteiger partial charge in [-0.05, 0) is 47.7 Å². The molecule has 2 amide bonds. The second kappa shape index (κ2) is 5.91. The van der Waals surface area contributed by atoms with Crippen molar-refractivity contribution in [3.63, 3.8) is 0 Å². The van der Waals surface area contributed by atoms with Gasteiger partial charge >= 0.3 is 6.03 Å². The van der Waals surface area contributed by atoms with Gasteiger partial charge in [0.25, 0.3) is 0 Å². The molecule has 0 radical (unpaired) electrons. The summed E-state index contributed by atoms with van der Waals surface area (Å²) in [6.07, 6.45) is 5.01. The molecule has 1 aromatic carbocycles. The molecule has 1 aliphatic rings. The Kier molecular flexibility index (Phi) is 3.81. The van der Waals surface area contributed by atoms with Crippen molar-refractivity contribution in [3.05, 3.63) is 65.2 Å². The minimum absolute atomic E-state index is 0.0468. The number of fused-ring (bicyclic) bond motifs is 1. The molecular weight excluding hydrogens is 269 g/mol. The molecule has 5 heteroatoms. The van der Waals surface area contributed by atoms with Crippen LogP contribution in [-0.2, 0) is 13.0 Å². The van der Waals surface area contributed by atoms with Crippen molar-refractivity contribution in [1.82, 2.24) is 15.6 Å². The van der Waals surface area contributed by atoms with E-state index >= 15 is 0 Å². The fraction of sp³-hybridized carbons (Fsp3) is 0.250. The van der Waals surface area contributed by atoms with E-state index in [1.807, 2.05) is 12.1 Å². The third-order valence-corrected chi connectivity index (χ3v) is 3.66. The smallest absolute Gasteiger partial charge is 0.315 e. The number of amides is 2. The molecular formula is C16H16FN3O. The van der Waals surface area contributed by atoms with Crippen LogP contribution in [0, 0.1) is 5.82 Å². The molecule has 0 saturated heterocycles. The largest absolute Gasteiger partial charge is 0.334 e. The average Bonchev–Trinajstić information content (AvgIpc) is 2.88. The quantitative estimate of drug-likeness (QED) is 0.911. The molecule has 1 aromatic heterocycles. The van der Waals surface area contributed by atoms with Crippen molar-refractivity contribution >= 4 is 6.03 Å². The third kappa shape index (κ3) is 3.18. The molecule has 0 aliphatic heterocycles. The highest BCUT2D eigenvalue weighted by Gasteiger charge is 2.24. The highest BCUT2D eigenvalue weighted by Crippen LogP contribution is 2.31. The zero-order valence-electron chi connectivity index (χ0n) is 11.5. The first-order chi connectivity index (χ1) is 10.2. The van der Waals surface area contributed by atoms with Gasteiger partial charge in [-0.1, -0.05) is 12.1 Å². The van der Waals surface area contributed by atoms with E-state index in [2.05, 4.69) is 15.6 Å². The number of halogens is 1. The summed E-state index contributed by atoms with van der Waals surface area (Å²) in [5, 5.41) is 5.74. The Labute approximate surface area is 122 Å². The van der Waals surface area contributed by atoms with Gasteiger partial charge in [0.2, 0.25) is 0 Å². The van der Waals surface area contributed by atoms with Gasteiger partial charge in [0.1, 0.15) is 5.82 Å². The minimum Gasteiger partial charge on any atom is -0.334 e. The van der Waals surface area contributed by atoms with E-state index in [1.54, 1.807) is 24.5 Å². The molecule has 2 aromatic rings. The number of rotatable bonds is 3. The summed E-state index contributed by atoms with van der Waals surface area (Å²) in [5.41, 5.74) is 2.93. The Balaban J connectivity index is 1.57. The minimum atomic E-state index is -0.226. The van der Waals surface area contributed by atoms with Crippen LogP contribution in [-0.4, -0.2) is 11.0 Å². The molecule has 2 N–H and O–H groups in total. The molecule has 4 nitrogen and oxygen atoms in total.